The highest BCUT2D eigenvalue weighted by molar-refractivity contribution is 6.02. The zero-order valence-electron chi connectivity index (χ0n) is 21.5. The first kappa shape index (κ1) is 25.5. The Balaban J connectivity index is 1.85. The van der Waals surface area contributed by atoms with Crippen LogP contribution < -0.4 is 0 Å². The molecule has 5 nitrogen and oxygen atoms in total. The Hall–Kier alpha value is -3.57. The molecule has 0 N–H and O–H groups in total. The van der Waals surface area contributed by atoms with E-state index in [4.69, 9.17) is 0 Å². The van der Waals surface area contributed by atoms with Gasteiger partial charge >= 0.3 is 0 Å². The minimum atomic E-state index is -0.464. The molecule has 0 radical (unpaired) electrons. The second-order valence-electron chi connectivity index (χ2n) is 9.97. The third-order valence-electron chi connectivity index (χ3n) is 7.43. The number of carbonyl (C=O) groups excluding carboxylic acids is 3. The summed E-state index contributed by atoms with van der Waals surface area (Å²) in [7, 11) is 3.45. The van der Waals surface area contributed by atoms with Gasteiger partial charge in [0, 0.05) is 56.1 Å². The van der Waals surface area contributed by atoms with Crippen molar-refractivity contribution in [3.05, 3.63) is 107 Å². The van der Waals surface area contributed by atoms with Crippen molar-refractivity contribution >= 4 is 17.5 Å². The van der Waals surface area contributed by atoms with Gasteiger partial charge in [0.05, 0.1) is 6.54 Å². The summed E-state index contributed by atoms with van der Waals surface area (Å²) in [4.78, 5) is 44.2. The number of amides is 1. The molecule has 1 aliphatic rings. The summed E-state index contributed by atoms with van der Waals surface area (Å²) in [6, 6.07) is 24.7. The standard InChI is InChI=1S/C31H34N2O3/c1-21-12-11-17-25(22(21)2)29-26(30(35)23-13-7-5-8-14-23)18-33(20-28(34)32(3)4)19-27(29)31(36)24-15-9-6-10-16-24/h5-17,26-27,29H,18-20H2,1-4H3/t26-,27+,29+. The first-order valence-electron chi connectivity index (χ1n) is 12.4. The van der Waals surface area contributed by atoms with Gasteiger partial charge in [-0.25, -0.2) is 0 Å². The summed E-state index contributed by atoms with van der Waals surface area (Å²) in [5.41, 5.74) is 4.54. The van der Waals surface area contributed by atoms with Crippen LogP contribution >= 0.6 is 0 Å². The number of likely N-dealkylation sites (tertiary alicyclic amines) is 1. The molecule has 3 atom stereocenters. The van der Waals surface area contributed by atoms with Gasteiger partial charge < -0.3 is 4.90 Å². The van der Waals surface area contributed by atoms with Gasteiger partial charge in [0.25, 0.3) is 0 Å². The molecular formula is C31H34N2O3. The number of rotatable bonds is 7. The maximum absolute atomic E-state index is 14.0. The first-order chi connectivity index (χ1) is 17.3. The van der Waals surface area contributed by atoms with Crippen molar-refractivity contribution in [2.75, 3.05) is 33.7 Å². The predicted molar refractivity (Wildman–Crippen MR) is 142 cm³/mol. The molecular weight excluding hydrogens is 448 g/mol. The number of benzene rings is 3. The molecule has 0 aliphatic carbocycles. The van der Waals surface area contributed by atoms with Crippen molar-refractivity contribution in [2.24, 2.45) is 11.8 Å². The maximum Gasteiger partial charge on any atom is 0.236 e. The highest BCUT2D eigenvalue weighted by Gasteiger charge is 2.45. The summed E-state index contributed by atoms with van der Waals surface area (Å²) in [5, 5.41) is 0. The lowest BCUT2D eigenvalue weighted by Crippen LogP contribution is -2.52. The molecule has 5 heteroatoms. The molecule has 186 valence electrons. The molecule has 0 bridgehead atoms. The molecule has 36 heavy (non-hydrogen) atoms. The Morgan fingerprint density at radius 1 is 0.750 bits per heavy atom. The summed E-state index contributed by atoms with van der Waals surface area (Å²) < 4.78 is 0. The van der Waals surface area contributed by atoms with Crippen LogP contribution in [0.25, 0.3) is 0 Å². The van der Waals surface area contributed by atoms with Crippen LogP contribution in [0.15, 0.2) is 78.9 Å². The topological polar surface area (TPSA) is 57.7 Å². The second kappa shape index (κ2) is 11.0. The van der Waals surface area contributed by atoms with Gasteiger partial charge in [-0.2, -0.15) is 0 Å². The Kier molecular flexibility index (Phi) is 7.80. The van der Waals surface area contributed by atoms with E-state index in [9.17, 15) is 14.4 Å². The van der Waals surface area contributed by atoms with Crippen LogP contribution in [0.4, 0.5) is 0 Å². The van der Waals surface area contributed by atoms with Crippen LogP contribution in [0.5, 0.6) is 0 Å². The fourth-order valence-electron chi connectivity index (χ4n) is 5.29. The molecule has 0 spiro atoms. The van der Waals surface area contributed by atoms with Crippen LogP contribution in [0.3, 0.4) is 0 Å². The Bertz CT molecular complexity index is 1180. The van der Waals surface area contributed by atoms with Gasteiger partial charge in [-0.1, -0.05) is 78.9 Å². The molecule has 1 saturated heterocycles. The van der Waals surface area contributed by atoms with E-state index in [1.807, 2.05) is 71.6 Å². The molecule has 1 amide bonds. The highest BCUT2D eigenvalue weighted by atomic mass is 16.2. The number of aryl methyl sites for hydroxylation is 1. The van der Waals surface area contributed by atoms with Gasteiger partial charge in [-0.15, -0.1) is 0 Å². The molecule has 1 aliphatic heterocycles. The minimum Gasteiger partial charge on any atom is -0.348 e. The van der Waals surface area contributed by atoms with Gasteiger partial charge in [0.1, 0.15) is 0 Å². The predicted octanol–water partition coefficient (Wildman–Crippen LogP) is 4.79. The van der Waals surface area contributed by atoms with Crippen molar-refractivity contribution in [1.82, 2.24) is 9.80 Å². The smallest absolute Gasteiger partial charge is 0.236 e. The number of hydrogen-bond acceptors (Lipinski definition) is 4. The average Bonchev–Trinajstić information content (AvgIpc) is 2.90. The second-order valence-corrected chi connectivity index (χ2v) is 9.97. The molecule has 0 unspecified atom stereocenters. The highest BCUT2D eigenvalue weighted by Crippen LogP contribution is 2.42. The summed E-state index contributed by atoms with van der Waals surface area (Å²) in [6.07, 6.45) is 0. The quantitative estimate of drug-likeness (QED) is 0.455. The van der Waals surface area contributed by atoms with E-state index in [0.29, 0.717) is 24.2 Å². The lowest BCUT2D eigenvalue weighted by atomic mass is 9.67. The first-order valence-corrected chi connectivity index (χ1v) is 12.4. The summed E-state index contributed by atoms with van der Waals surface area (Å²) >= 11 is 0. The lowest BCUT2D eigenvalue weighted by molar-refractivity contribution is -0.130. The third kappa shape index (κ3) is 5.31. The lowest BCUT2D eigenvalue weighted by Gasteiger charge is -2.43. The fourth-order valence-corrected chi connectivity index (χ4v) is 5.29. The van der Waals surface area contributed by atoms with Crippen LogP contribution in [-0.4, -0.2) is 61.0 Å². The van der Waals surface area contributed by atoms with Crippen LogP contribution in [0.2, 0.25) is 0 Å². The molecule has 0 saturated carbocycles. The number of hydrogen-bond donors (Lipinski definition) is 0. The van der Waals surface area contributed by atoms with Crippen molar-refractivity contribution in [2.45, 2.75) is 19.8 Å². The molecule has 3 aromatic carbocycles. The van der Waals surface area contributed by atoms with E-state index in [1.165, 1.54) is 0 Å². The number of nitrogens with zero attached hydrogens (tertiary/aromatic N) is 2. The Morgan fingerprint density at radius 2 is 1.25 bits per heavy atom. The van der Waals surface area contributed by atoms with Crippen molar-refractivity contribution in [1.29, 1.82) is 0 Å². The number of likely N-dealkylation sites (N-methyl/N-ethyl adjacent to an activating group) is 1. The van der Waals surface area contributed by atoms with Gasteiger partial charge in [-0.05, 0) is 30.5 Å². The van der Waals surface area contributed by atoms with E-state index in [2.05, 4.69) is 26.0 Å². The molecule has 1 heterocycles. The SMILES string of the molecule is Cc1cccc([C@@H]2[C@@H](C(=O)c3ccccc3)CN(CC(=O)N(C)C)C[C@H]2C(=O)c2ccccc2)c1C. The maximum atomic E-state index is 14.0. The number of carbonyl (C=O) groups is 3. The average molecular weight is 483 g/mol. The van der Waals surface area contributed by atoms with Crippen molar-refractivity contribution < 1.29 is 14.4 Å². The summed E-state index contributed by atoms with van der Waals surface area (Å²) in [5.74, 6) is -1.25. The van der Waals surface area contributed by atoms with Crippen LogP contribution in [0, 0.1) is 25.7 Å². The largest absolute Gasteiger partial charge is 0.348 e. The third-order valence-corrected chi connectivity index (χ3v) is 7.43. The van der Waals surface area contributed by atoms with Crippen LogP contribution in [-0.2, 0) is 4.79 Å². The fraction of sp³-hybridized carbons (Fsp3) is 0.323. The molecule has 3 aromatic rings. The van der Waals surface area contributed by atoms with Gasteiger partial charge in [0.2, 0.25) is 5.91 Å². The van der Waals surface area contributed by atoms with E-state index >= 15 is 0 Å². The van der Waals surface area contributed by atoms with Crippen LogP contribution in [0.1, 0.15) is 43.3 Å². The van der Waals surface area contributed by atoms with E-state index < -0.39 is 11.8 Å². The van der Waals surface area contributed by atoms with E-state index in [-0.39, 0.29) is 29.9 Å². The van der Waals surface area contributed by atoms with E-state index in [1.54, 1.807) is 19.0 Å². The number of ketones is 2. The number of Topliss-reactive ketones (excluding diaryl/α,β-unsaturated/α-hetero) is 2. The summed E-state index contributed by atoms with van der Waals surface area (Å²) in [6.45, 7) is 5.14. The monoisotopic (exact) mass is 482 g/mol. The minimum absolute atomic E-state index is 0.00868. The molecule has 1 fully saturated rings. The Morgan fingerprint density at radius 3 is 1.72 bits per heavy atom. The van der Waals surface area contributed by atoms with Crippen molar-refractivity contribution in [3.63, 3.8) is 0 Å². The Labute approximate surface area is 213 Å². The zero-order chi connectivity index (χ0) is 25.8. The zero-order valence-corrected chi connectivity index (χ0v) is 21.5. The van der Waals surface area contributed by atoms with Crippen molar-refractivity contribution in [3.8, 4) is 0 Å². The van der Waals surface area contributed by atoms with Gasteiger partial charge in [0.15, 0.2) is 11.6 Å². The normalized spacial score (nSPS) is 20.1. The van der Waals surface area contributed by atoms with Gasteiger partial charge in [-0.3, -0.25) is 19.3 Å². The molecule has 4 rings (SSSR count). The van der Waals surface area contributed by atoms with E-state index in [0.717, 1.165) is 16.7 Å². The number of piperidine rings is 1. The molecule has 0 aromatic heterocycles.